The third-order valence-electron chi connectivity index (χ3n) is 2.15. The van der Waals surface area contributed by atoms with E-state index in [1.807, 2.05) is 0 Å². The summed E-state index contributed by atoms with van der Waals surface area (Å²) in [6.07, 6.45) is 2.65. The Morgan fingerprint density at radius 2 is 1.85 bits per heavy atom. The molecule has 0 rings (SSSR count). The molecule has 0 aliphatic heterocycles. The van der Waals surface area contributed by atoms with E-state index in [1.165, 1.54) is 0 Å². The van der Waals surface area contributed by atoms with Crippen LogP contribution in [0.3, 0.4) is 0 Å². The minimum absolute atomic E-state index is 0.465. The van der Waals surface area contributed by atoms with E-state index in [0.717, 1.165) is 35.5 Å². The average molecular weight is 224 g/mol. The lowest BCUT2D eigenvalue weighted by Gasteiger charge is -2.30. The van der Waals surface area contributed by atoms with Gasteiger partial charge in [-0.25, -0.2) is 0 Å². The molecule has 0 bridgehead atoms. The molecule has 13 heavy (non-hydrogen) atoms. The average Bonchev–Trinajstić information content (AvgIpc) is 2.20. The number of hydrogen-bond acceptors (Lipinski definition) is 4. The molecule has 0 aromatic carbocycles. The van der Waals surface area contributed by atoms with Crippen LogP contribution in [0.4, 0.5) is 0 Å². The van der Waals surface area contributed by atoms with Gasteiger partial charge in [0.25, 0.3) is 0 Å². The van der Waals surface area contributed by atoms with E-state index in [2.05, 4.69) is 12.6 Å². The van der Waals surface area contributed by atoms with Crippen molar-refractivity contribution in [2.75, 3.05) is 26.6 Å². The maximum atomic E-state index is 5.37. The highest BCUT2D eigenvalue weighted by Crippen LogP contribution is 2.22. The lowest BCUT2D eigenvalue weighted by atomic mass is 10.1. The van der Waals surface area contributed by atoms with Gasteiger partial charge >= 0.3 is 0 Å². The Morgan fingerprint density at radius 1 is 1.23 bits per heavy atom. The van der Waals surface area contributed by atoms with E-state index in [0.29, 0.717) is 6.61 Å². The fourth-order valence-corrected chi connectivity index (χ4v) is 1.58. The summed E-state index contributed by atoms with van der Waals surface area (Å²) in [5.41, 5.74) is 0. The lowest BCUT2D eigenvalue weighted by molar-refractivity contribution is -0.217. The number of thiol groups is 1. The monoisotopic (exact) mass is 224 g/mol. The van der Waals surface area contributed by atoms with Crippen LogP contribution in [0, 0.1) is 0 Å². The van der Waals surface area contributed by atoms with Gasteiger partial charge in [-0.15, -0.1) is 0 Å². The fraction of sp³-hybridized carbons (Fsp3) is 1.00. The highest BCUT2D eigenvalue weighted by Gasteiger charge is 2.27. The molecule has 0 aliphatic rings. The normalized spacial score (nSPS) is 12.2. The first-order valence-electron chi connectivity index (χ1n) is 4.45. The molecule has 3 nitrogen and oxygen atoms in total. The largest absolute Gasteiger partial charge is 0.428 e. The number of hydrogen-bond donors (Lipinski definition) is 1. The Morgan fingerprint density at radius 3 is 2.23 bits per heavy atom. The summed E-state index contributed by atoms with van der Waals surface area (Å²) in [4.78, 5) is 0. The van der Waals surface area contributed by atoms with E-state index < -0.39 is 5.79 Å². The van der Waals surface area contributed by atoms with Crippen molar-refractivity contribution in [1.29, 1.82) is 0 Å². The molecule has 0 saturated heterocycles. The second-order valence-electron chi connectivity index (χ2n) is 2.89. The number of ether oxygens (including phenoxy) is 2. The van der Waals surface area contributed by atoms with Crippen LogP contribution in [0.1, 0.15) is 19.3 Å². The van der Waals surface area contributed by atoms with Gasteiger partial charge in [-0.1, -0.05) is 0 Å². The smallest absolute Gasteiger partial charge is 0.169 e. The molecule has 0 amide bonds. The molecule has 0 heterocycles. The summed E-state index contributed by atoms with van der Waals surface area (Å²) in [7, 11) is 4.12. The summed E-state index contributed by atoms with van der Waals surface area (Å²) >= 11 is 4.17. The highest BCUT2D eigenvalue weighted by molar-refractivity contribution is 7.80. The molecular weight excluding hydrogens is 204 g/mol. The summed E-state index contributed by atoms with van der Waals surface area (Å²) in [6, 6.07) is 0. The molecular formula is C8H20O3SSi. The topological polar surface area (TPSA) is 27.7 Å². The Hall–Kier alpha value is 0.447. The van der Waals surface area contributed by atoms with E-state index in [-0.39, 0.29) is 0 Å². The van der Waals surface area contributed by atoms with Crippen molar-refractivity contribution in [1.82, 2.24) is 0 Å². The molecule has 0 radical (unpaired) electrons. The second-order valence-corrected chi connectivity index (χ2v) is 3.91. The van der Waals surface area contributed by atoms with Crippen molar-refractivity contribution in [3.8, 4) is 0 Å². The van der Waals surface area contributed by atoms with Gasteiger partial charge in [-0.2, -0.15) is 12.6 Å². The van der Waals surface area contributed by atoms with Crippen LogP contribution in [-0.4, -0.2) is 42.9 Å². The van der Waals surface area contributed by atoms with Gasteiger partial charge in [-0.05, 0) is 12.2 Å². The van der Waals surface area contributed by atoms with Crippen LogP contribution < -0.4 is 0 Å². The van der Waals surface area contributed by atoms with E-state index >= 15 is 0 Å². The van der Waals surface area contributed by atoms with Crippen LogP contribution in [-0.2, 0) is 13.9 Å². The summed E-state index contributed by atoms with van der Waals surface area (Å²) in [6.45, 7) is 0.709. The van der Waals surface area contributed by atoms with Crippen LogP contribution in [0.25, 0.3) is 0 Å². The minimum Gasteiger partial charge on any atom is -0.428 e. The van der Waals surface area contributed by atoms with Crippen LogP contribution in [0.2, 0.25) is 0 Å². The van der Waals surface area contributed by atoms with Crippen LogP contribution >= 0.6 is 12.6 Å². The molecule has 0 unspecified atom stereocenters. The SMILES string of the molecule is COC(CCCS)(CCO[SiH3])OC. The lowest BCUT2D eigenvalue weighted by Crippen LogP contribution is -2.35. The van der Waals surface area contributed by atoms with Crippen molar-refractivity contribution in [2.45, 2.75) is 25.0 Å². The van der Waals surface area contributed by atoms with Gasteiger partial charge in [-0.3, -0.25) is 0 Å². The van der Waals surface area contributed by atoms with Crippen molar-refractivity contribution >= 4 is 23.1 Å². The second kappa shape index (κ2) is 7.81. The van der Waals surface area contributed by atoms with Gasteiger partial charge in [0.15, 0.2) is 5.79 Å². The molecule has 0 fully saturated rings. The van der Waals surface area contributed by atoms with E-state index in [1.54, 1.807) is 14.2 Å². The number of methoxy groups -OCH3 is 2. The summed E-state index contributed by atoms with van der Waals surface area (Å²) in [5, 5.41) is 0. The zero-order chi connectivity index (χ0) is 10.2. The van der Waals surface area contributed by atoms with Gasteiger partial charge in [0.2, 0.25) is 0 Å². The Bertz CT molecular complexity index is 110. The Kier molecular flexibility index (Phi) is 8.08. The molecule has 80 valence electrons. The third-order valence-corrected chi connectivity index (χ3v) is 2.87. The Balaban J connectivity index is 3.97. The predicted octanol–water partition coefficient (Wildman–Crippen LogP) is 0.373. The first-order chi connectivity index (χ1) is 6.24. The Labute approximate surface area is 89.1 Å². The standard InChI is InChI=1S/C8H20O3SSi/c1-9-8(10-2,4-3-7-12)5-6-11-13/h12H,3-7H2,1-2,13H3. The molecule has 5 heteroatoms. The molecule has 0 spiro atoms. The molecule has 0 saturated carbocycles. The van der Waals surface area contributed by atoms with Gasteiger partial charge in [0.1, 0.15) is 10.5 Å². The van der Waals surface area contributed by atoms with Crippen molar-refractivity contribution in [2.24, 2.45) is 0 Å². The fourth-order valence-electron chi connectivity index (χ4n) is 1.22. The molecule has 0 aromatic rings. The molecule has 0 atom stereocenters. The maximum Gasteiger partial charge on any atom is 0.169 e. The van der Waals surface area contributed by atoms with Crippen molar-refractivity contribution in [3.63, 3.8) is 0 Å². The zero-order valence-corrected chi connectivity index (χ0v) is 11.6. The van der Waals surface area contributed by atoms with Crippen molar-refractivity contribution < 1.29 is 13.9 Å². The van der Waals surface area contributed by atoms with Gasteiger partial charge in [0, 0.05) is 33.7 Å². The van der Waals surface area contributed by atoms with Gasteiger partial charge < -0.3 is 13.9 Å². The summed E-state index contributed by atoms with van der Waals surface area (Å²) < 4.78 is 15.9. The quantitative estimate of drug-likeness (QED) is 0.367. The first kappa shape index (κ1) is 13.4. The minimum atomic E-state index is -0.465. The van der Waals surface area contributed by atoms with Crippen molar-refractivity contribution in [3.05, 3.63) is 0 Å². The van der Waals surface area contributed by atoms with E-state index in [9.17, 15) is 0 Å². The molecule has 0 aromatic heterocycles. The van der Waals surface area contributed by atoms with Gasteiger partial charge in [0.05, 0.1) is 0 Å². The first-order valence-corrected chi connectivity index (χ1v) is 5.89. The maximum absolute atomic E-state index is 5.37. The highest BCUT2D eigenvalue weighted by atomic mass is 32.1. The molecule has 0 N–H and O–H groups in total. The predicted molar refractivity (Wildman–Crippen MR) is 60.3 cm³/mol. The van der Waals surface area contributed by atoms with Crippen LogP contribution in [0.15, 0.2) is 0 Å². The number of rotatable bonds is 8. The summed E-state index contributed by atoms with van der Waals surface area (Å²) in [5.74, 6) is 0.392. The third kappa shape index (κ3) is 5.02. The van der Waals surface area contributed by atoms with E-state index in [4.69, 9.17) is 13.9 Å². The molecule has 0 aliphatic carbocycles. The van der Waals surface area contributed by atoms with Crippen LogP contribution in [0.5, 0.6) is 0 Å². The zero-order valence-electron chi connectivity index (χ0n) is 8.71.